The molecular formula is C14H23N3. The Morgan fingerprint density at radius 1 is 1.41 bits per heavy atom. The van der Waals surface area contributed by atoms with Gasteiger partial charge in [0.05, 0.1) is 0 Å². The number of piperidine rings is 1. The van der Waals surface area contributed by atoms with E-state index < -0.39 is 0 Å². The third-order valence-electron chi connectivity index (χ3n) is 3.62. The van der Waals surface area contributed by atoms with Crippen LogP contribution < -0.4 is 10.6 Å². The van der Waals surface area contributed by atoms with Crippen LogP contribution in [0.3, 0.4) is 0 Å². The maximum Gasteiger partial charge on any atom is 0.129 e. The third-order valence-corrected chi connectivity index (χ3v) is 3.62. The Labute approximate surface area is 104 Å². The minimum Gasteiger partial charge on any atom is -0.354 e. The minimum atomic E-state index is 0.602. The molecule has 0 aromatic carbocycles. The summed E-state index contributed by atoms with van der Waals surface area (Å²) in [5.41, 5.74) is 8.11. The Kier molecular flexibility index (Phi) is 4.00. The van der Waals surface area contributed by atoms with Crippen LogP contribution in [0.4, 0.5) is 5.82 Å². The first kappa shape index (κ1) is 12.4. The first-order chi connectivity index (χ1) is 8.24. The first-order valence-electron chi connectivity index (χ1n) is 6.71. The lowest BCUT2D eigenvalue weighted by Crippen LogP contribution is -2.38. The number of nitrogens with two attached hydrogens (primary N) is 1. The summed E-state index contributed by atoms with van der Waals surface area (Å²) >= 11 is 0. The van der Waals surface area contributed by atoms with Crippen LogP contribution in [0.1, 0.15) is 44.4 Å². The highest BCUT2D eigenvalue weighted by Crippen LogP contribution is 2.24. The number of rotatable bonds is 3. The standard InChI is InChI=1S/C14H23N3/c1-3-13-8-12(10-15)9-14(16-13)17-7-5-4-6-11(17)2/h8-9,11H,3-7,10,15H2,1-2H3. The van der Waals surface area contributed by atoms with Crippen molar-refractivity contribution >= 4 is 5.82 Å². The van der Waals surface area contributed by atoms with E-state index in [1.165, 1.54) is 24.8 Å². The van der Waals surface area contributed by atoms with Gasteiger partial charge in [-0.05, 0) is 50.3 Å². The second-order valence-corrected chi connectivity index (χ2v) is 4.92. The molecule has 0 radical (unpaired) electrons. The van der Waals surface area contributed by atoms with Crippen LogP contribution in [-0.4, -0.2) is 17.6 Å². The van der Waals surface area contributed by atoms with E-state index in [4.69, 9.17) is 10.7 Å². The van der Waals surface area contributed by atoms with Gasteiger partial charge in [-0.3, -0.25) is 0 Å². The normalized spacial score (nSPS) is 20.6. The van der Waals surface area contributed by atoms with E-state index in [0.717, 1.165) is 24.5 Å². The van der Waals surface area contributed by atoms with Crippen LogP contribution in [0.2, 0.25) is 0 Å². The summed E-state index contributed by atoms with van der Waals surface area (Å²) in [5, 5.41) is 0. The second-order valence-electron chi connectivity index (χ2n) is 4.92. The van der Waals surface area contributed by atoms with E-state index in [0.29, 0.717) is 12.6 Å². The van der Waals surface area contributed by atoms with Gasteiger partial charge in [-0.25, -0.2) is 4.98 Å². The molecule has 0 saturated carbocycles. The highest BCUT2D eigenvalue weighted by atomic mass is 15.2. The highest BCUT2D eigenvalue weighted by molar-refractivity contribution is 5.44. The topological polar surface area (TPSA) is 42.1 Å². The van der Waals surface area contributed by atoms with Crippen LogP contribution in [-0.2, 0) is 13.0 Å². The van der Waals surface area contributed by atoms with Gasteiger partial charge in [-0.2, -0.15) is 0 Å². The number of anilines is 1. The number of pyridine rings is 1. The molecule has 2 N–H and O–H groups in total. The molecule has 1 atom stereocenters. The molecule has 2 heterocycles. The molecule has 0 bridgehead atoms. The van der Waals surface area contributed by atoms with Crippen molar-refractivity contribution in [3.05, 3.63) is 23.4 Å². The molecule has 1 saturated heterocycles. The molecule has 3 heteroatoms. The van der Waals surface area contributed by atoms with Crippen LogP contribution in [0.25, 0.3) is 0 Å². The van der Waals surface area contributed by atoms with Gasteiger partial charge in [0.15, 0.2) is 0 Å². The van der Waals surface area contributed by atoms with Gasteiger partial charge in [-0.15, -0.1) is 0 Å². The molecule has 1 unspecified atom stereocenters. The van der Waals surface area contributed by atoms with Crippen LogP contribution in [0.15, 0.2) is 12.1 Å². The number of nitrogens with zero attached hydrogens (tertiary/aromatic N) is 2. The quantitative estimate of drug-likeness (QED) is 0.872. The lowest BCUT2D eigenvalue weighted by Gasteiger charge is -2.34. The zero-order valence-corrected chi connectivity index (χ0v) is 10.9. The summed E-state index contributed by atoms with van der Waals surface area (Å²) in [5.74, 6) is 1.12. The van der Waals surface area contributed by atoms with Crippen molar-refractivity contribution < 1.29 is 0 Å². The molecule has 94 valence electrons. The maximum absolute atomic E-state index is 5.76. The predicted molar refractivity (Wildman–Crippen MR) is 72.2 cm³/mol. The van der Waals surface area contributed by atoms with Crippen molar-refractivity contribution in [1.29, 1.82) is 0 Å². The van der Waals surface area contributed by atoms with Crippen LogP contribution in [0.5, 0.6) is 0 Å². The van der Waals surface area contributed by atoms with Crippen molar-refractivity contribution in [3.63, 3.8) is 0 Å². The summed E-state index contributed by atoms with van der Waals surface area (Å²) in [6.07, 6.45) is 4.87. The molecule has 3 nitrogen and oxygen atoms in total. The first-order valence-corrected chi connectivity index (χ1v) is 6.71. The zero-order valence-electron chi connectivity index (χ0n) is 10.9. The Balaban J connectivity index is 2.29. The van der Waals surface area contributed by atoms with E-state index in [-0.39, 0.29) is 0 Å². The van der Waals surface area contributed by atoms with Gasteiger partial charge in [0, 0.05) is 24.8 Å². The van der Waals surface area contributed by atoms with E-state index in [2.05, 4.69) is 30.9 Å². The Morgan fingerprint density at radius 3 is 2.88 bits per heavy atom. The molecule has 1 aromatic heterocycles. The SMILES string of the molecule is CCc1cc(CN)cc(N2CCCCC2C)n1. The number of aromatic nitrogens is 1. The Hall–Kier alpha value is -1.09. The third kappa shape index (κ3) is 2.78. The summed E-state index contributed by atoms with van der Waals surface area (Å²) in [6.45, 7) is 6.17. The van der Waals surface area contributed by atoms with Crippen molar-refractivity contribution in [1.82, 2.24) is 4.98 Å². The maximum atomic E-state index is 5.76. The molecule has 1 aliphatic heterocycles. The summed E-state index contributed by atoms with van der Waals surface area (Å²) < 4.78 is 0. The van der Waals surface area contributed by atoms with Gasteiger partial charge >= 0.3 is 0 Å². The molecule has 1 fully saturated rings. The molecule has 1 aliphatic rings. The monoisotopic (exact) mass is 233 g/mol. The molecule has 0 aliphatic carbocycles. The minimum absolute atomic E-state index is 0.602. The Bertz CT molecular complexity index is 353. The van der Waals surface area contributed by atoms with Crippen LogP contribution in [0, 0.1) is 0 Å². The second kappa shape index (κ2) is 5.50. The summed E-state index contributed by atoms with van der Waals surface area (Å²) in [4.78, 5) is 7.18. The summed E-state index contributed by atoms with van der Waals surface area (Å²) in [7, 11) is 0. The molecule has 0 amide bonds. The van der Waals surface area contributed by atoms with Crippen molar-refractivity contribution in [3.8, 4) is 0 Å². The molecule has 17 heavy (non-hydrogen) atoms. The zero-order chi connectivity index (χ0) is 12.3. The average molecular weight is 233 g/mol. The van der Waals surface area contributed by atoms with Gasteiger partial charge in [-0.1, -0.05) is 6.92 Å². The van der Waals surface area contributed by atoms with Gasteiger partial charge < -0.3 is 10.6 Å². The molecule has 1 aromatic rings. The fourth-order valence-corrected chi connectivity index (χ4v) is 2.52. The average Bonchev–Trinajstić information content (AvgIpc) is 2.38. The fourth-order valence-electron chi connectivity index (χ4n) is 2.52. The highest BCUT2D eigenvalue weighted by Gasteiger charge is 2.20. The molecule has 0 spiro atoms. The van der Waals surface area contributed by atoms with E-state index in [1.807, 2.05) is 0 Å². The number of hydrogen-bond donors (Lipinski definition) is 1. The van der Waals surface area contributed by atoms with Crippen LogP contribution >= 0.6 is 0 Å². The van der Waals surface area contributed by atoms with Gasteiger partial charge in [0.25, 0.3) is 0 Å². The number of aryl methyl sites for hydroxylation is 1. The predicted octanol–water partition coefficient (Wildman–Crippen LogP) is 2.48. The van der Waals surface area contributed by atoms with Gasteiger partial charge in [0.1, 0.15) is 5.82 Å². The number of hydrogen-bond acceptors (Lipinski definition) is 3. The van der Waals surface area contributed by atoms with E-state index in [1.54, 1.807) is 0 Å². The van der Waals surface area contributed by atoms with Gasteiger partial charge in [0.2, 0.25) is 0 Å². The van der Waals surface area contributed by atoms with Crippen molar-refractivity contribution in [2.45, 2.75) is 52.1 Å². The fraction of sp³-hybridized carbons (Fsp3) is 0.643. The van der Waals surface area contributed by atoms with E-state index in [9.17, 15) is 0 Å². The van der Waals surface area contributed by atoms with Crippen molar-refractivity contribution in [2.75, 3.05) is 11.4 Å². The lowest BCUT2D eigenvalue weighted by molar-refractivity contribution is 0.480. The largest absolute Gasteiger partial charge is 0.354 e. The van der Waals surface area contributed by atoms with E-state index >= 15 is 0 Å². The molecule has 2 rings (SSSR count). The smallest absolute Gasteiger partial charge is 0.129 e. The van der Waals surface area contributed by atoms with Crippen molar-refractivity contribution in [2.24, 2.45) is 5.73 Å². The molecular weight excluding hydrogens is 210 g/mol. The summed E-state index contributed by atoms with van der Waals surface area (Å²) in [6, 6.07) is 4.88. The Morgan fingerprint density at radius 2 is 2.24 bits per heavy atom. The lowest BCUT2D eigenvalue weighted by atomic mass is 10.0.